The second-order valence-corrected chi connectivity index (χ2v) is 9.48. The number of rotatable bonds is 5. The predicted molar refractivity (Wildman–Crippen MR) is 122 cm³/mol. The van der Waals surface area contributed by atoms with Crippen LogP contribution in [0.4, 0.5) is 4.39 Å². The average molecular weight is 463 g/mol. The Morgan fingerprint density at radius 1 is 0.939 bits per heavy atom. The van der Waals surface area contributed by atoms with Gasteiger partial charge >= 0.3 is 10.2 Å². The Kier molecular flexibility index (Phi) is 5.03. The standard InChI is InChI=1S/C23H18FN5O3S/c1-28(2)33(30,31)29-13-19(21(27-29)16-8-10-17(24)11-9-16)22-18-12-20(15-6-4-3-5-7-15)32-23(18)26-14-25-22/h3-14H,1-2H3. The lowest BCUT2D eigenvalue weighted by molar-refractivity contribution is 0.504. The molecule has 3 heterocycles. The van der Waals surface area contributed by atoms with Gasteiger partial charge in [-0.1, -0.05) is 30.3 Å². The quantitative estimate of drug-likeness (QED) is 0.388. The number of hydrogen-bond donors (Lipinski definition) is 0. The molecule has 5 aromatic rings. The third-order valence-corrected chi connectivity index (χ3v) is 6.73. The van der Waals surface area contributed by atoms with E-state index in [0.717, 1.165) is 14.0 Å². The van der Waals surface area contributed by atoms with Gasteiger partial charge in [-0.05, 0) is 30.3 Å². The van der Waals surface area contributed by atoms with Crippen molar-refractivity contribution in [2.75, 3.05) is 14.1 Å². The molecular formula is C23H18FN5O3S. The Bertz CT molecular complexity index is 1560. The van der Waals surface area contributed by atoms with Crippen LogP contribution >= 0.6 is 0 Å². The molecule has 0 saturated carbocycles. The van der Waals surface area contributed by atoms with E-state index in [1.807, 2.05) is 36.4 Å². The van der Waals surface area contributed by atoms with Gasteiger partial charge in [0.25, 0.3) is 0 Å². The van der Waals surface area contributed by atoms with Gasteiger partial charge in [-0.15, -0.1) is 0 Å². The van der Waals surface area contributed by atoms with Crippen LogP contribution in [0.1, 0.15) is 0 Å². The van der Waals surface area contributed by atoms with Crippen molar-refractivity contribution >= 4 is 21.3 Å². The first-order chi connectivity index (χ1) is 15.8. The second kappa shape index (κ2) is 7.91. The summed E-state index contributed by atoms with van der Waals surface area (Å²) in [5, 5.41) is 4.92. The minimum absolute atomic E-state index is 0.336. The summed E-state index contributed by atoms with van der Waals surface area (Å²) in [6.45, 7) is 0. The molecular weight excluding hydrogens is 445 g/mol. The van der Waals surface area contributed by atoms with E-state index in [2.05, 4.69) is 15.1 Å². The van der Waals surface area contributed by atoms with Crippen LogP contribution in [0.3, 0.4) is 0 Å². The summed E-state index contributed by atoms with van der Waals surface area (Å²) in [6, 6.07) is 17.0. The summed E-state index contributed by atoms with van der Waals surface area (Å²) < 4.78 is 47.0. The zero-order valence-corrected chi connectivity index (χ0v) is 18.5. The Morgan fingerprint density at radius 2 is 1.67 bits per heavy atom. The van der Waals surface area contributed by atoms with E-state index in [-0.39, 0.29) is 0 Å². The van der Waals surface area contributed by atoms with Crippen molar-refractivity contribution in [3.8, 4) is 33.8 Å². The van der Waals surface area contributed by atoms with Crippen LogP contribution < -0.4 is 0 Å². The molecule has 5 rings (SSSR count). The number of nitrogens with zero attached hydrogens (tertiary/aromatic N) is 5. The highest BCUT2D eigenvalue weighted by Gasteiger charge is 2.25. The van der Waals surface area contributed by atoms with E-state index in [1.165, 1.54) is 50.9 Å². The smallest absolute Gasteiger partial charge is 0.322 e. The highest BCUT2D eigenvalue weighted by atomic mass is 32.2. The van der Waals surface area contributed by atoms with E-state index >= 15 is 0 Å². The van der Waals surface area contributed by atoms with Crippen molar-refractivity contribution in [1.82, 2.24) is 23.5 Å². The van der Waals surface area contributed by atoms with Crippen molar-refractivity contribution in [2.45, 2.75) is 0 Å². The molecule has 0 radical (unpaired) electrons. The molecule has 166 valence electrons. The molecule has 33 heavy (non-hydrogen) atoms. The number of hydrogen-bond acceptors (Lipinski definition) is 6. The van der Waals surface area contributed by atoms with Crippen molar-refractivity contribution in [1.29, 1.82) is 0 Å². The largest absolute Gasteiger partial charge is 0.438 e. The zero-order chi connectivity index (χ0) is 23.2. The van der Waals surface area contributed by atoms with Crippen molar-refractivity contribution in [2.24, 2.45) is 0 Å². The van der Waals surface area contributed by atoms with Crippen molar-refractivity contribution < 1.29 is 17.2 Å². The molecule has 0 N–H and O–H groups in total. The van der Waals surface area contributed by atoms with E-state index < -0.39 is 16.0 Å². The van der Waals surface area contributed by atoms with Gasteiger partial charge in [-0.25, -0.2) is 14.4 Å². The van der Waals surface area contributed by atoms with Gasteiger partial charge in [0.05, 0.1) is 17.3 Å². The molecule has 8 nitrogen and oxygen atoms in total. The number of benzene rings is 2. The fourth-order valence-corrected chi connectivity index (χ4v) is 4.21. The topological polar surface area (TPSA) is 94.1 Å². The summed E-state index contributed by atoms with van der Waals surface area (Å²) in [7, 11) is -1.06. The Balaban J connectivity index is 1.75. The molecule has 0 bridgehead atoms. The molecule has 0 fully saturated rings. The molecule has 0 unspecified atom stereocenters. The summed E-state index contributed by atoms with van der Waals surface area (Å²) in [4.78, 5) is 8.65. The van der Waals surface area contributed by atoms with Gasteiger partial charge in [0.15, 0.2) is 0 Å². The SMILES string of the molecule is CN(C)S(=O)(=O)n1cc(-c2ncnc3oc(-c4ccccc4)cc23)c(-c2ccc(F)cc2)n1. The summed E-state index contributed by atoms with van der Waals surface area (Å²) in [5.74, 6) is 0.191. The Labute approximate surface area is 189 Å². The van der Waals surface area contributed by atoms with Gasteiger partial charge in [-0.3, -0.25) is 0 Å². The molecule has 0 atom stereocenters. The van der Waals surface area contributed by atoms with Crippen LogP contribution in [0.15, 0.2) is 77.6 Å². The third kappa shape index (κ3) is 3.69. The van der Waals surface area contributed by atoms with Crippen LogP contribution in [-0.4, -0.2) is 46.0 Å². The monoisotopic (exact) mass is 463 g/mol. The molecule has 0 aliphatic rings. The highest BCUT2D eigenvalue weighted by molar-refractivity contribution is 7.87. The lowest BCUT2D eigenvalue weighted by Crippen LogP contribution is -2.29. The molecule has 0 aliphatic heterocycles. The zero-order valence-electron chi connectivity index (χ0n) is 17.7. The fraction of sp³-hybridized carbons (Fsp3) is 0.0870. The molecule has 2 aromatic carbocycles. The number of halogens is 1. The first kappa shape index (κ1) is 21.0. The van der Waals surface area contributed by atoms with E-state index in [4.69, 9.17) is 4.42 Å². The van der Waals surface area contributed by atoms with Crippen molar-refractivity contribution in [3.63, 3.8) is 0 Å². The van der Waals surface area contributed by atoms with E-state index in [1.54, 1.807) is 0 Å². The Morgan fingerprint density at radius 3 is 2.36 bits per heavy atom. The minimum atomic E-state index is -3.90. The van der Waals surface area contributed by atoms with Gasteiger partial charge in [0.2, 0.25) is 5.71 Å². The van der Waals surface area contributed by atoms with E-state index in [0.29, 0.717) is 39.4 Å². The summed E-state index contributed by atoms with van der Waals surface area (Å²) in [5.41, 5.74) is 2.99. The predicted octanol–water partition coefficient (Wildman–Crippen LogP) is 4.21. The van der Waals surface area contributed by atoms with Crippen LogP contribution in [-0.2, 0) is 10.2 Å². The number of fused-ring (bicyclic) bond motifs is 1. The molecule has 3 aromatic heterocycles. The van der Waals surface area contributed by atoms with E-state index in [9.17, 15) is 12.8 Å². The minimum Gasteiger partial charge on any atom is -0.438 e. The average Bonchev–Trinajstić information content (AvgIpc) is 3.45. The molecule has 0 aliphatic carbocycles. The summed E-state index contributed by atoms with van der Waals surface area (Å²) >= 11 is 0. The highest BCUT2D eigenvalue weighted by Crippen LogP contribution is 2.37. The van der Waals surface area contributed by atoms with Gasteiger partial charge in [0, 0.05) is 30.8 Å². The normalized spacial score (nSPS) is 12.0. The maximum atomic E-state index is 13.5. The molecule has 0 saturated heterocycles. The maximum Gasteiger partial charge on any atom is 0.322 e. The number of aromatic nitrogens is 4. The maximum absolute atomic E-state index is 13.5. The van der Waals surface area contributed by atoms with Gasteiger partial charge in [0.1, 0.15) is 23.6 Å². The molecule has 0 spiro atoms. The van der Waals surface area contributed by atoms with Gasteiger partial charge < -0.3 is 4.42 Å². The first-order valence-electron chi connectivity index (χ1n) is 9.93. The van der Waals surface area contributed by atoms with Crippen molar-refractivity contribution in [3.05, 3.63) is 79.0 Å². The lowest BCUT2D eigenvalue weighted by Gasteiger charge is -2.10. The summed E-state index contributed by atoms with van der Waals surface area (Å²) in [6.07, 6.45) is 2.74. The van der Waals surface area contributed by atoms with Crippen LogP contribution in [0, 0.1) is 5.82 Å². The Hall–Kier alpha value is -3.89. The molecule has 10 heteroatoms. The van der Waals surface area contributed by atoms with Crippen LogP contribution in [0.25, 0.3) is 44.9 Å². The van der Waals surface area contributed by atoms with Gasteiger partial charge in [-0.2, -0.15) is 21.9 Å². The fourth-order valence-electron chi connectivity index (χ4n) is 3.45. The third-order valence-electron chi connectivity index (χ3n) is 5.15. The lowest BCUT2D eigenvalue weighted by atomic mass is 10.0. The number of furan rings is 1. The van der Waals surface area contributed by atoms with Crippen LogP contribution in [0.5, 0.6) is 0 Å². The first-order valence-corrected chi connectivity index (χ1v) is 11.3. The second-order valence-electron chi connectivity index (χ2n) is 7.48. The molecule has 0 amide bonds. The van der Waals surface area contributed by atoms with Crippen LogP contribution in [0.2, 0.25) is 0 Å².